The molecule has 0 unspecified atom stereocenters. The van der Waals surface area contributed by atoms with Crippen molar-refractivity contribution in [3.63, 3.8) is 0 Å². The average Bonchev–Trinajstić information content (AvgIpc) is 2.27. The van der Waals surface area contributed by atoms with Crippen molar-refractivity contribution in [3.05, 3.63) is 29.8 Å². The third kappa shape index (κ3) is 3.64. The molecule has 1 heterocycles. The first-order valence-electron chi connectivity index (χ1n) is 4.80. The molecule has 0 spiro atoms. The van der Waals surface area contributed by atoms with Gasteiger partial charge in [-0.2, -0.15) is 4.39 Å². The number of halogens is 1. The molecule has 0 saturated carbocycles. The number of pyridine rings is 1. The Labute approximate surface area is 92.1 Å². The molecule has 1 aromatic heterocycles. The molecule has 86 valence electrons. The van der Waals surface area contributed by atoms with Gasteiger partial charge in [0.15, 0.2) is 0 Å². The zero-order chi connectivity index (χ0) is 12.0. The molecule has 0 bridgehead atoms. The number of likely N-dealkylation sites (N-methyl/N-ethyl adjacent to an activating group) is 1. The van der Waals surface area contributed by atoms with Crippen molar-refractivity contribution in [3.8, 4) is 0 Å². The summed E-state index contributed by atoms with van der Waals surface area (Å²) >= 11 is 0. The van der Waals surface area contributed by atoms with E-state index >= 15 is 0 Å². The number of nitrogens with one attached hydrogen (secondary N) is 2. The van der Waals surface area contributed by atoms with Gasteiger partial charge in [-0.15, -0.1) is 0 Å². The fraction of sp³-hybridized carbons (Fsp3) is 0.300. The number of rotatable bonds is 4. The van der Waals surface area contributed by atoms with E-state index in [4.69, 9.17) is 0 Å². The Hall–Kier alpha value is -1.98. The van der Waals surface area contributed by atoms with Gasteiger partial charge in [-0.25, -0.2) is 4.98 Å². The standard InChI is InChI=1S/C10H12FN3O2/c1-2-12-9(15)6-14-10(16)7-3-4-8(11)13-5-7/h3-5H,2,6H2,1H3,(H,12,15)(H,14,16). The van der Waals surface area contributed by atoms with Gasteiger partial charge < -0.3 is 10.6 Å². The normalized spacial score (nSPS) is 9.62. The fourth-order valence-electron chi connectivity index (χ4n) is 1.03. The Balaban J connectivity index is 2.47. The fourth-order valence-corrected chi connectivity index (χ4v) is 1.03. The van der Waals surface area contributed by atoms with Crippen LogP contribution in [0.25, 0.3) is 0 Å². The van der Waals surface area contributed by atoms with Crippen LogP contribution in [0.15, 0.2) is 18.3 Å². The summed E-state index contributed by atoms with van der Waals surface area (Å²) in [6, 6.07) is 2.39. The lowest BCUT2D eigenvalue weighted by Gasteiger charge is -2.04. The van der Waals surface area contributed by atoms with Crippen LogP contribution >= 0.6 is 0 Å². The molecule has 0 aliphatic heterocycles. The van der Waals surface area contributed by atoms with Gasteiger partial charge in [0.1, 0.15) is 0 Å². The number of hydrogen-bond acceptors (Lipinski definition) is 3. The van der Waals surface area contributed by atoms with E-state index in [0.717, 1.165) is 12.3 Å². The monoisotopic (exact) mass is 225 g/mol. The highest BCUT2D eigenvalue weighted by molar-refractivity contribution is 5.96. The van der Waals surface area contributed by atoms with E-state index < -0.39 is 11.9 Å². The molecule has 6 heteroatoms. The van der Waals surface area contributed by atoms with Crippen LogP contribution in [0.3, 0.4) is 0 Å². The maximum Gasteiger partial charge on any atom is 0.253 e. The molecule has 0 aromatic carbocycles. The molecular formula is C10H12FN3O2. The van der Waals surface area contributed by atoms with Gasteiger partial charge in [0.2, 0.25) is 11.9 Å². The number of amides is 2. The summed E-state index contributed by atoms with van der Waals surface area (Å²) in [4.78, 5) is 25.8. The molecule has 16 heavy (non-hydrogen) atoms. The molecule has 2 N–H and O–H groups in total. The second-order valence-electron chi connectivity index (χ2n) is 3.01. The number of nitrogens with zero attached hydrogens (tertiary/aromatic N) is 1. The largest absolute Gasteiger partial charge is 0.355 e. The molecule has 2 amide bonds. The summed E-state index contributed by atoms with van der Waals surface area (Å²) in [5.41, 5.74) is 0.214. The first kappa shape index (κ1) is 12.1. The van der Waals surface area contributed by atoms with Gasteiger partial charge in [0.05, 0.1) is 12.1 Å². The van der Waals surface area contributed by atoms with Gasteiger partial charge >= 0.3 is 0 Å². The van der Waals surface area contributed by atoms with Gasteiger partial charge in [-0.3, -0.25) is 9.59 Å². The maximum atomic E-state index is 12.5. The lowest BCUT2D eigenvalue weighted by atomic mass is 10.2. The predicted molar refractivity (Wildman–Crippen MR) is 55.2 cm³/mol. The van der Waals surface area contributed by atoms with E-state index in [0.29, 0.717) is 6.54 Å². The SMILES string of the molecule is CCNC(=O)CNC(=O)c1ccc(F)nc1. The van der Waals surface area contributed by atoms with E-state index in [9.17, 15) is 14.0 Å². The van der Waals surface area contributed by atoms with Crippen molar-refractivity contribution in [2.75, 3.05) is 13.1 Å². The highest BCUT2D eigenvalue weighted by atomic mass is 19.1. The molecule has 0 aliphatic rings. The van der Waals surface area contributed by atoms with Gasteiger partial charge in [-0.1, -0.05) is 0 Å². The summed E-state index contributed by atoms with van der Waals surface area (Å²) in [5, 5.41) is 4.92. The Morgan fingerprint density at radius 1 is 1.38 bits per heavy atom. The van der Waals surface area contributed by atoms with Crippen molar-refractivity contribution in [1.29, 1.82) is 0 Å². The van der Waals surface area contributed by atoms with Crippen molar-refractivity contribution in [2.24, 2.45) is 0 Å². The molecule has 0 atom stereocenters. The topological polar surface area (TPSA) is 71.1 Å². The molecule has 1 aromatic rings. The molecule has 5 nitrogen and oxygen atoms in total. The number of carbonyl (C=O) groups is 2. The van der Waals surface area contributed by atoms with Gasteiger partial charge in [0, 0.05) is 12.7 Å². The second kappa shape index (κ2) is 5.79. The minimum Gasteiger partial charge on any atom is -0.355 e. The third-order valence-corrected chi connectivity index (χ3v) is 1.77. The van der Waals surface area contributed by atoms with E-state index in [1.54, 1.807) is 6.92 Å². The summed E-state index contributed by atoms with van der Waals surface area (Å²) < 4.78 is 12.5. The minimum atomic E-state index is -0.653. The highest BCUT2D eigenvalue weighted by Gasteiger charge is 2.07. The van der Waals surface area contributed by atoms with Crippen LogP contribution in [0.5, 0.6) is 0 Å². The molecule has 0 saturated heterocycles. The summed E-state index contributed by atoms with van der Waals surface area (Å²) in [6.45, 7) is 2.18. The van der Waals surface area contributed by atoms with Crippen LogP contribution in [0, 0.1) is 5.95 Å². The van der Waals surface area contributed by atoms with Crippen LogP contribution in [-0.4, -0.2) is 29.9 Å². The highest BCUT2D eigenvalue weighted by Crippen LogP contribution is 1.98. The Kier molecular flexibility index (Phi) is 4.38. The van der Waals surface area contributed by atoms with Crippen molar-refractivity contribution < 1.29 is 14.0 Å². The summed E-state index contributed by atoms with van der Waals surface area (Å²) in [6.07, 6.45) is 1.11. The smallest absolute Gasteiger partial charge is 0.253 e. The first-order chi connectivity index (χ1) is 7.63. The molecule has 0 aliphatic carbocycles. The molecule has 1 rings (SSSR count). The Bertz CT molecular complexity index is 378. The second-order valence-corrected chi connectivity index (χ2v) is 3.01. The van der Waals surface area contributed by atoms with Crippen molar-refractivity contribution in [1.82, 2.24) is 15.6 Å². The van der Waals surface area contributed by atoms with Gasteiger partial charge in [-0.05, 0) is 19.1 Å². The number of aromatic nitrogens is 1. The van der Waals surface area contributed by atoms with Crippen LogP contribution in [0.1, 0.15) is 17.3 Å². The van der Waals surface area contributed by atoms with E-state index in [-0.39, 0.29) is 18.0 Å². The Morgan fingerprint density at radius 3 is 2.69 bits per heavy atom. The van der Waals surface area contributed by atoms with Crippen LogP contribution in [0.2, 0.25) is 0 Å². The maximum absolute atomic E-state index is 12.5. The third-order valence-electron chi connectivity index (χ3n) is 1.77. The zero-order valence-corrected chi connectivity index (χ0v) is 8.79. The van der Waals surface area contributed by atoms with E-state index in [1.165, 1.54) is 6.07 Å². The lowest BCUT2D eigenvalue weighted by molar-refractivity contribution is -0.120. The predicted octanol–water partition coefficient (Wildman–Crippen LogP) is 0.0866. The first-order valence-corrected chi connectivity index (χ1v) is 4.80. The van der Waals surface area contributed by atoms with Crippen LogP contribution in [-0.2, 0) is 4.79 Å². The summed E-state index contributed by atoms with van der Waals surface area (Å²) in [7, 11) is 0. The molecule has 0 radical (unpaired) electrons. The van der Waals surface area contributed by atoms with Crippen LogP contribution < -0.4 is 10.6 Å². The molecular weight excluding hydrogens is 213 g/mol. The van der Waals surface area contributed by atoms with Crippen molar-refractivity contribution >= 4 is 11.8 Å². The van der Waals surface area contributed by atoms with Crippen LogP contribution in [0.4, 0.5) is 4.39 Å². The quantitative estimate of drug-likeness (QED) is 0.713. The minimum absolute atomic E-state index is 0.107. The number of carbonyl (C=O) groups excluding carboxylic acids is 2. The lowest BCUT2D eigenvalue weighted by Crippen LogP contribution is -2.36. The van der Waals surface area contributed by atoms with E-state index in [2.05, 4.69) is 15.6 Å². The van der Waals surface area contributed by atoms with Crippen molar-refractivity contribution in [2.45, 2.75) is 6.92 Å². The summed E-state index contributed by atoms with van der Waals surface area (Å²) in [5.74, 6) is -1.38. The number of hydrogen-bond donors (Lipinski definition) is 2. The van der Waals surface area contributed by atoms with Gasteiger partial charge in [0.25, 0.3) is 5.91 Å². The Morgan fingerprint density at radius 2 is 2.12 bits per heavy atom. The van der Waals surface area contributed by atoms with E-state index in [1.807, 2.05) is 0 Å². The average molecular weight is 225 g/mol. The molecule has 0 fully saturated rings. The zero-order valence-electron chi connectivity index (χ0n) is 8.79.